The monoisotopic (exact) mass is 216 g/mol. The van der Waals surface area contributed by atoms with Crippen LogP contribution in [0.25, 0.3) is 0 Å². The van der Waals surface area contributed by atoms with Crippen LogP contribution in [-0.2, 0) is 0 Å². The average Bonchev–Trinajstić information content (AvgIpc) is 2.14. The van der Waals surface area contributed by atoms with Crippen LogP contribution in [0.5, 0.6) is 6.01 Å². The largest absolute Gasteiger partial charge is 0.467 e. The van der Waals surface area contributed by atoms with Crippen LogP contribution in [0.2, 0.25) is 5.28 Å². The molecule has 1 heterocycles. The Morgan fingerprint density at radius 1 is 1.36 bits per heavy atom. The number of methoxy groups -OCH3 is 1. The summed E-state index contributed by atoms with van der Waals surface area (Å²) >= 11 is 5.66. The fourth-order valence-electron chi connectivity index (χ4n) is 0.798. The normalized spacial score (nSPS) is 10.4. The first-order chi connectivity index (χ1) is 6.61. The average molecular weight is 217 g/mol. The molecule has 0 bridgehead atoms. The molecule has 0 radical (unpaired) electrons. The molecule has 0 spiro atoms. The van der Waals surface area contributed by atoms with Crippen molar-refractivity contribution >= 4 is 17.5 Å². The second-order valence-electron chi connectivity index (χ2n) is 3.19. The van der Waals surface area contributed by atoms with Gasteiger partial charge in [-0.15, -0.1) is 0 Å². The summed E-state index contributed by atoms with van der Waals surface area (Å²) in [6.45, 7) is 4.96. The minimum absolute atomic E-state index is 0.128. The Hall–Kier alpha value is -1.10. The summed E-state index contributed by atoms with van der Waals surface area (Å²) < 4.78 is 4.86. The van der Waals surface area contributed by atoms with Gasteiger partial charge in [-0.3, -0.25) is 0 Å². The molecule has 14 heavy (non-hydrogen) atoms. The van der Waals surface area contributed by atoms with Crippen molar-refractivity contribution in [2.24, 2.45) is 5.92 Å². The molecule has 6 heteroatoms. The van der Waals surface area contributed by atoms with Gasteiger partial charge in [-0.2, -0.15) is 15.0 Å². The topological polar surface area (TPSA) is 59.9 Å². The number of hydrogen-bond acceptors (Lipinski definition) is 5. The smallest absolute Gasteiger partial charge is 0.322 e. The molecule has 0 saturated carbocycles. The van der Waals surface area contributed by atoms with Crippen molar-refractivity contribution in [3.05, 3.63) is 5.28 Å². The minimum Gasteiger partial charge on any atom is -0.467 e. The number of aromatic nitrogens is 3. The third-order valence-electron chi connectivity index (χ3n) is 1.44. The maximum atomic E-state index is 5.66. The summed E-state index contributed by atoms with van der Waals surface area (Å²) in [5.41, 5.74) is 0. The molecule has 1 aromatic heterocycles. The van der Waals surface area contributed by atoms with E-state index in [0.717, 1.165) is 6.54 Å². The van der Waals surface area contributed by atoms with E-state index in [2.05, 4.69) is 34.1 Å². The van der Waals surface area contributed by atoms with E-state index in [1.54, 1.807) is 0 Å². The number of nitrogens with one attached hydrogen (secondary N) is 1. The fraction of sp³-hybridized carbons (Fsp3) is 0.625. The molecule has 0 amide bonds. The highest BCUT2D eigenvalue weighted by molar-refractivity contribution is 6.28. The molecule has 1 rings (SSSR count). The number of rotatable bonds is 4. The first-order valence-electron chi connectivity index (χ1n) is 4.31. The van der Waals surface area contributed by atoms with Crippen molar-refractivity contribution in [3.8, 4) is 6.01 Å². The first kappa shape index (κ1) is 11.0. The van der Waals surface area contributed by atoms with Crippen molar-refractivity contribution in [1.82, 2.24) is 15.0 Å². The van der Waals surface area contributed by atoms with Crippen LogP contribution < -0.4 is 10.1 Å². The summed E-state index contributed by atoms with van der Waals surface area (Å²) in [5.74, 6) is 0.951. The molecule has 0 unspecified atom stereocenters. The molecule has 0 aromatic carbocycles. The Balaban J connectivity index is 2.71. The highest BCUT2D eigenvalue weighted by atomic mass is 35.5. The van der Waals surface area contributed by atoms with E-state index in [1.807, 2.05) is 0 Å². The third-order valence-corrected chi connectivity index (χ3v) is 1.61. The highest BCUT2D eigenvalue weighted by Gasteiger charge is 2.04. The number of anilines is 1. The molecule has 1 N–H and O–H groups in total. The molecule has 0 aliphatic heterocycles. The van der Waals surface area contributed by atoms with Crippen LogP contribution >= 0.6 is 11.6 Å². The Morgan fingerprint density at radius 3 is 2.64 bits per heavy atom. The van der Waals surface area contributed by atoms with Gasteiger partial charge in [0, 0.05) is 6.54 Å². The van der Waals surface area contributed by atoms with E-state index in [1.165, 1.54) is 7.11 Å². The quantitative estimate of drug-likeness (QED) is 0.829. The van der Waals surface area contributed by atoms with Crippen LogP contribution in [0, 0.1) is 5.92 Å². The second kappa shape index (κ2) is 4.95. The van der Waals surface area contributed by atoms with Gasteiger partial charge in [0.25, 0.3) is 0 Å². The molecule has 5 nitrogen and oxygen atoms in total. The third kappa shape index (κ3) is 3.33. The van der Waals surface area contributed by atoms with Crippen LogP contribution in [0.3, 0.4) is 0 Å². The van der Waals surface area contributed by atoms with Crippen molar-refractivity contribution in [2.75, 3.05) is 19.0 Å². The summed E-state index contributed by atoms with van der Waals surface area (Å²) in [6.07, 6.45) is 0. The number of hydrogen-bond donors (Lipinski definition) is 1. The SMILES string of the molecule is COc1nc(Cl)nc(NCC(C)C)n1. The number of halogens is 1. The zero-order valence-corrected chi connectivity index (χ0v) is 9.17. The summed E-state index contributed by atoms with van der Waals surface area (Å²) in [7, 11) is 1.48. The van der Waals surface area contributed by atoms with Crippen molar-refractivity contribution in [1.29, 1.82) is 0 Å². The fourth-order valence-corrected chi connectivity index (χ4v) is 0.950. The molecule has 1 aromatic rings. The molecule has 78 valence electrons. The van der Waals surface area contributed by atoms with Crippen LogP contribution in [0.1, 0.15) is 13.8 Å². The highest BCUT2D eigenvalue weighted by Crippen LogP contribution is 2.10. The molecular formula is C8H13ClN4O. The first-order valence-corrected chi connectivity index (χ1v) is 4.69. The summed E-state index contributed by atoms with van der Waals surface area (Å²) in [4.78, 5) is 11.7. The van der Waals surface area contributed by atoms with Gasteiger partial charge >= 0.3 is 6.01 Å². The Bertz CT molecular complexity index is 305. The van der Waals surface area contributed by atoms with E-state index in [4.69, 9.17) is 16.3 Å². The van der Waals surface area contributed by atoms with Crippen molar-refractivity contribution in [3.63, 3.8) is 0 Å². The van der Waals surface area contributed by atoms with Gasteiger partial charge in [0.05, 0.1) is 7.11 Å². The molecule has 0 aliphatic carbocycles. The Morgan fingerprint density at radius 2 is 2.07 bits per heavy atom. The lowest BCUT2D eigenvalue weighted by molar-refractivity contribution is 0.378. The molecule has 0 atom stereocenters. The molecule has 0 aliphatic rings. The van der Waals surface area contributed by atoms with Gasteiger partial charge in [0.1, 0.15) is 0 Å². The zero-order chi connectivity index (χ0) is 10.6. The maximum absolute atomic E-state index is 5.66. The number of nitrogens with zero attached hydrogens (tertiary/aromatic N) is 3. The van der Waals surface area contributed by atoms with Crippen molar-refractivity contribution < 1.29 is 4.74 Å². The van der Waals surface area contributed by atoms with Crippen LogP contribution in [0.4, 0.5) is 5.95 Å². The van der Waals surface area contributed by atoms with E-state index in [0.29, 0.717) is 11.9 Å². The predicted octanol–water partition coefficient (Wildman–Crippen LogP) is 1.60. The van der Waals surface area contributed by atoms with Gasteiger partial charge in [-0.05, 0) is 17.5 Å². The van der Waals surface area contributed by atoms with Gasteiger partial charge in [0.2, 0.25) is 11.2 Å². The van der Waals surface area contributed by atoms with E-state index >= 15 is 0 Å². The van der Waals surface area contributed by atoms with Crippen LogP contribution in [-0.4, -0.2) is 28.6 Å². The van der Waals surface area contributed by atoms with Gasteiger partial charge in [0.15, 0.2) is 0 Å². The van der Waals surface area contributed by atoms with Gasteiger partial charge in [-0.1, -0.05) is 13.8 Å². The van der Waals surface area contributed by atoms with E-state index < -0.39 is 0 Å². The Kier molecular flexibility index (Phi) is 3.88. The van der Waals surface area contributed by atoms with Crippen molar-refractivity contribution in [2.45, 2.75) is 13.8 Å². The standard InChI is InChI=1S/C8H13ClN4O/c1-5(2)4-10-7-11-6(9)12-8(13-7)14-3/h5H,4H2,1-3H3,(H,10,11,12,13). The second-order valence-corrected chi connectivity index (χ2v) is 3.53. The molecule has 0 fully saturated rings. The Labute approximate surface area is 87.9 Å². The lowest BCUT2D eigenvalue weighted by Gasteiger charge is -2.07. The predicted molar refractivity (Wildman–Crippen MR) is 54.7 cm³/mol. The lowest BCUT2D eigenvalue weighted by Crippen LogP contribution is -2.11. The molecular weight excluding hydrogens is 204 g/mol. The summed E-state index contributed by atoms with van der Waals surface area (Å²) in [6, 6.07) is 0.219. The maximum Gasteiger partial charge on any atom is 0.322 e. The van der Waals surface area contributed by atoms with E-state index in [-0.39, 0.29) is 11.3 Å². The van der Waals surface area contributed by atoms with Crippen LogP contribution in [0.15, 0.2) is 0 Å². The zero-order valence-electron chi connectivity index (χ0n) is 8.41. The summed E-state index contributed by atoms with van der Waals surface area (Å²) in [5, 5.41) is 3.16. The minimum atomic E-state index is 0.128. The lowest BCUT2D eigenvalue weighted by atomic mass is 10.2. The number of ether oxygens (including phenoxy) is 1. The van der Waals surface area contributed by atoms with Gasteiger partial charge < -0.3 is 10.1 Å². The van der Waals surface area contributed by atoms with Gasteiger partial charge in [-0.25, -0.2) is 0 Å². The molecule has 0 saturated heterocycles. The van der Waals surface area contributed by atoms with E-state index in [9.17, 15) is 0 Å².